The molecule has 4 N–H and O–H groups in total. The Morgan fingerprint density at radius 1 is 1.11 bits per heavy atom. The Labute approximate surface area is 115 Å². The maximum Gasteiger partial charge on any atom is 0.259 e. The van der Waals surface area contributed by atoms with Gasteiger partial charge in [-0.2, -0.15) is 0 Å². The van der Waals surface area contributed by atoms with E-state index in [-0.39, 0.29) is 0 Å². The summed E-state index contributed by atoms with van der Waals surface area (Å²) in [6.07, 6.45) is 0. The number of carbonyl (C=O) groups is 2. The van der Waals surface area contributed by atoms with Crippen molar-refractivity contribution in [3.05, 3.63) is 45.1 Å². The minimum absolute atomic E-state index is 0.415. The Kier molecular flexibility index (Phi) is 3.40. The van der Waals surface area contributed by atoms with Crippen molar-refractivity contribution in [3.63, 3.8) is 0 Å². The van der Waals surface area contributed by atoms with Crippen LogP contribution in [0.4, 0.5) is 0 Å². The summed E-state index contributed by atoms with van der Waals surface area (Å²) in [6.45, 7) is 3.78. The Bertz CT molecular complexity index is 674. The number of nitrogens with two attached hydrogens (primary N) is 2. The van der Waals surface area contributed by atoms with Crippen LogP contribution in [0.3, 0.4) is 0 Å². The molecule has 5 heteroatoms. The minimum Gasteiger partial charge on any atom is -0.366 e. The number of hydrogen-bond acceptors (Lipinski definition) is 3. The second-order valence-electron chi connectivity index (χ2n) is 4.40. The van der Waals surface area contributed by atoms with E-state index in [9.17, 15) is 9.59 Å². The van der Waals surface area contributed by atoms with Gasteiger partial charge in [-0.1, -0.05) is 11.6 Å². The highest BCUT2D eigenvalue weighted by Gasteiger charge is 2.19. The lowest BCUT2D eigenvalue weighted by Crippen LogP contribution is -2.15. The molecular weight excluding hydrogens is 260 g/mol. The molecule has 0 aliphatic heterocycles. The van der Waals surface area contributed by atoms with Gasteiger partial charge in [0, 0.05) is 11.1 Å². The van der Waals surface area contributed by atoms with Crippen LogP contribution < -0.4 is 11.5 Å². The third-order valence-corrected chi connectivity index (χ3v) is 3.83. The number of primary amides is 2. The zero-order valence-corrected chi connectivity index (χ0v) is 11.5. The van der Waals surface area contributed by atoms with Gasteiger partial charge in [-0.05, 0) is 42.5 Å². The first-order chi connectivity index (χ1) is 8.91. The zero-order chi connectivity index (χ0) is 14.2. The van der Waals surface area contributed by atoms with Gasteiger partial charge < -0.3 is 11.5 Å². The van der Waals surface area contributed by atoms with E-state index in [1.165, 1.54) is 11.3 Å². The minimum atomic E-state index is -0.511. The molecule has 0 unspecified atom stereocenters. The average Bonchev–Trinajstić information content (AvgIpc) is 2.76. The van der Waals surface area contributed by atoms with Crippen molar-refractivity contribution < 1.29 is 9.59 Å². The normalized spacial score (nSPS) is 10.4. The summed E-state index contributed by atoms with van der Waals surface area (Å²) in [5, 5.41) is 1.78. The van der Waals surface area contributed by atoms with Gasteiger partial charge in [-0.15, -0.1) is 11.3 Å². The summed E-state index contributed by atoms with van der Waals surface area (Å²) in [4.78, 5) is 23.5. The first kappa shape index (κ1) is 13.3. The summed E-state index contributed by atoms with van der Waals surface area (Å²) >= 11 is 1.26. The molecule has 0 fully saturated rings. The van der Waals surface area contributed by atoms with Gasteiger partial charge in [0.05, 0.1) is 4.88 Å². The van der Waals surface area contributed by atoms with Crippen LogP contribution in [0, 0.1) is 13.8 Å². The van der Waals surface area contributed by atoms with E-state index in [2.05, 4.69) is 0 Å². The van der Waals surface area contributed by atoms with Gasteiger partial charge in [0.25, 0.3) is 5.91 Å². The molecule has 0 bridgehead atoms. The molecule has 0 aliphatic carbocycles. The molecule has 1 aromatic carbocycles. The van der Waals surface area contributed by atoms with Crippen molar-refractivity contribution in [2.75, 3.05) is 0 Å². The molecule has 1 aromatic heterocycles. The Morgan fingerprint density at radius 2 is 1.79 bits per heavy atom. The summed E-state index contributed by atoms with van der Waals surface area (Å²) in [7, 11) is 0. The number of benzene rings is 1. The molecular formula is C14H14N2O2S. The van der Waals surface area contributed by atoms with Crippen LogP contribution in [-0.2, 0) is 0 Å². The molecule has 2 rings (SSSR count). The number of aryl methyl sites for hydroxylation is 2. The van der Waals surface area contributed by atoms with E-state index < -0.39 is 11.8 Å². The second kappa shape index (κ2) is 4.85. The third-order valence-electron chi connectivity index (χ3n) is 2.90. The van der Waals surface area contributed by atoms with Crippen molar-refractivity contribution in [1.29, 1.82) is 0 Å². The quantitative estimate of drug-likeness (QED) is 0.899. The van der Waals surface area contributed by atoms with Gasteiger partial charge in [0.15, 0.2) is 0 Å². The van der Waals surface area contributed by atoms with Gasteiger partial charge >= 0.3 is 0 Å². The van der Waals surface area contributed by atoms with Gasteiger partial charge in [-0.25, -0.2) is 0 Å². The number of hydrogen-bond donors (Lipinski definition) is 2. The Hall–Kier alpha value is -2.14. The monoisotopic (exact) mass is 274 g/mol. The smallest absolute Gasteiger partial charge is 0.259 e. The Balaban J connectivity index is 2.78. The fourth-order valence-electron chi connectivity index (χ4n) is 2.22. The summed E-state index contributed by atoms with van der Waals surface area (Å²) in [5.41, 5.74) is 14.4. The molecule has 0 radical (unpaired) electrons. The van der Waals surface area contributed by atoms with Gasteiger partial charge in [0.2, 0.25) is 5.91 Å². The Morgan fingerprint density at radius 3 is 2.37 bits per heavy atom. The molecule has 98 valence electrons. The summed E-state index contributed by atoms with van der Waals surface area (Å²) in [5.74, 6) is -1.01. The predicted octanol–water partition coefficient (Wildman–Crippen LogP) is 2.23. The first-order valence-corrected chi connectivity index (χ1v) is 6.58. The maximum atomic E-state index is 11.6. The van der Waals surface area contributed by atoms with Crippen LogP contribution in [-0.4, -0.2) is 11.8 Å². The van der Waals surface area contributed by atoms with Gasteiger partial charge in [0.1, 0.15) is 0 Å². The highest BCUT2D eigenvalue weighted by molar-refractivity contribution is 7.12. The van der Waals surface area contributed by atoms with Crippen LogP contribution in [0.15, 0.2) is 23.6 Å². The van der Waals surface area contributed by atoms with E-state index >= 15 is 0 Å². The second-order valence-corrected chi connectivity index (χ2v) is 5.31. The van der Waals surface area contributed by atoms with E-state index in [0.29, 0.717) is 21.6 Å². The van der Waals surface area contributed by atoms with E-state index in [0.717, 1.165) is 11.1 Å². The van der Waals surface area contributed by atoms with Crippen LogP contribution in [0.1, 0.15) is 31.2 Å². The van der Waals surface area contributed by atoms with Crippen molar-refractivity contribution in [1.82, 2.24) is 0 Å². The number of amides is 2. The first-order valence-electron chi connectivity index (χ1n) is 5.70. The molecule has 19 heavy (non-hydrogen) atoms. The lowest BCUT2D eigenvalue weighted by atomic mass is 9.93. The van der Waals surface area contributed by atoms with Crippen LogP contribution in [0.2, 0.25) is 0 Å². The number of rotatable bonds is 3. The molecule has 2 amide bonds. The number of thiophene rings is 1. The average molecular weight is 274 g/mol. The molecule has 0 atom stereocenters. The summed E-state index contributed by atoms with van der Waals surface area (Å²) in [6, 6.07) is 5.46. The summed E-state index contributed by atoms with van der Waals surface area (Å²) < 4.78 is 0. The molecule has 0 spiro atoms. The predicted molar refractivity (Wildman–Crippen MR) is 76.3 cm³/mol. The van der Waals surface area contributed by atoms with E-state index in [1.54, 1.807) is 17.5 Å². The molecule has 2 aromatic rings. The number of carbonyl (C=O) groups excluding carboxylic acids is 2. The largest absolute Gasteiger partial charge is 0.366 e. The zero-order valence-electron chi connectivity index (χ0n) is 10.7. The van der Waals surface area contributed by atoms with E-state index in [4.69, 9.17) is 11.5 Å². The SMILES string of the molecule is Cc1cc(C)c(-c2ccsc2C(N)=O)c(C(N)=O)c1. The van der Waals surface area contributed by atoms with Crippen LogP contribution in [0.25, 0.3) is 11.1 Å². The third kappa shape index (κ3) is 2.37. The van der Waals surface area contributed by atoms with E-state index in [1.807, 2.05) is 19.9 Å². The molecule has 0 saturated carbocycles. The fourth-order valence-corrected chi connectivity index (χ4v) is 2.97. The van der Waals surface area contributed by atoms with Crippen LogP contribution in [0.5, 0.6) is 0 Å². The molecule has 1 heterocycles. The molecule has 0 saturated heterocycles. The topological polar surface area (TPSA) is 86.2 Å². The molecule has 4 nitrogen and oxygen atoms in total. The van der Waals surface area contributed by atoms with Crippen molar-refractivity contribution in [2.24, 2.45) is 11.5 Å². The lowest BCUT2D eigenvalue weighted by Gasteiger charge is -2.12. The van der Waals surface area contributed by atoms with Gasteiger partial charge in [-0.3, -0.25) is 9.59 Å². The highest BCUT2D eigenvalue weighted by Crippen LogP contribution is 2.33. The van der Waals surface area contributed by atoms with Crippen molar-refractivity contribution in [2.45, 2.75) is 13.8 Å². The fraction of sp³-hybridized carbons (Fsp3) is 0.143. The van der Waals surface area contributed by atoms with Crippen molar-refractivity contribution >= 4 is 23.2 Å². The standard InChI is InChI=1S/C14H14N2O2S/c1-7-5-8(2)11(10(6-7)13(15)17)9-3-4-19-12(9)14(16)18/h3-6H,1-2H3,(H2,15,17)(H2,16,18). The molecule has 0 aliphatic rings. The van der Waals surface area contributed by atoms with Crippen LogP contribution >= 0.6 is 11.3 Å². The highest BCUT2D eigenvalue weighted by atomic mass is 32.1. The maximum absolute atomic E-state index is 11.6. The lowest BCUT2D eigenvalue weighted by molar-refractivity contribution is 0.0992. The van der Waals surface area contributed by atoms with Crippen molar-refractivity contribution in [3.8, 4) is 11.1 Å².